The molecule has 0 aliphatic heterocycles. The Kier molecular flexibility index (Phi) is 1.73. The minimum atomic E-state index is 0.0394. The zero-order valence-corrected chi connectivity index (χ0v) is 7.57. The first-order chi connectivity index (χ1) is 5.75. The molecule has 0 radical (unpaired) electrons. The molecule has 0 saturated carbocycles. The predicted octanol–water partition coefficient (Wildman–Crippen LogP) is 1.95. The topological polar surface area (TPSA) is 32.9 Å². The average molecular weight is 179 g/mol. The van der Waals surface area contributed by atoms with Gasteiger partial charge in [0.05, 0.1) is 5.69 Å². The van der Waals surface area contributed by atoms with Crippen LogP contribution in [0.1, 0.15) is 17.5 Å². The first-order valence-electron chi connectivity index (χ1n) is 3.82. The van der Waals surface area contributed by atoms with Crippen LogP contribution in [0, 0.1) is 0 Å². The summed E-state index contributed by atoms with van der Waals surface area (Å²) in [7, 11) is 0. The first-order valence-corrected chi connectivity index (χ1v) is 4.64. The number of fused-ring (bicyclic) bond motifs is 1. The van der Waals surface area contributed by atoms with Crippen molar-refractivity contribution in [1.82, 2.24) is 4.98 Å². The van der Waals surface area contributed by atoms with Gasteiger partial charge in [-0.1, -0.05) is 29.1 Å². The standard InChI is InChI=1S/C9H9NOS/c1-6-2-4-7-8(5-3-6)12-9(11)10-7/h2-4H,5H2,1H3,(H,10,11). The van der Waals surface area contributed by atoms with E-state index in [1.54, 1.807) is 0 Å². The Hall–Kier alpha value is -1.09. The largest absolute Gasteiger partial charge is 0.313 e. The van der Waals surface area contributed by atoms with Gasteiger partial charge in [-0.15, -0.1) is 0 Å². The second-order valence-corrected chi connectivity index (χ2v) is 3.90. The maximum absolute atomic E-state index is 11.0. The van der Waals surface area contributed by atoms with Gasteiger partial charge in [-0.05, 0) is 13.0 Å². The van der Waals surface area contributed by atoms with Crippen LogP contribution in [0.2, 0.25) is 0 Å². The molecule has 62 valence electrons. The van der Waals surface area contributed by atoms with Crippen molar-refractivity contribution in [2.75, 3.05) is 0 Å². The molecule has 1 aliphatic carbocycles. The molecule has 0 amide bonds. The number of allylic oxidation sites excluding steroid dienone is 3. The number of thiazole rings is 1. The Morgan fingerprint density at radius 2 is 2.33 bits per heavy atom. The lowest BCUT2D eigenvalue weighted by Crippen LogP contribution is -1.91. The van der Waals surface area contributed by atoms with E-state index in [-0.39, 0.29) is 4.87 Å². The van der Waals surface area contributed by atoms with E-state index in [1.807, 2.05) is 12.2 Å². The lowest BCUT2D eigenvalue weighted by Gasteiger charge is -1.88. The molecule has 0 aromatic carbocycles. The van der Waals surface area contributed by atoms with Crippen molar-refractivity contribution in [3.05, 3.63) is 38.0 Å². The maximum Gasteiger partial charge on any atom is 0.305 e. The maximum atomic E-state index is 11.0. The summed E-state index contributed by atoms with van der Waals surface area (Å²) < 4.78 is 0. The van der Waals surface area contributed by atoms with E-state index in [0.717, 1.165) is 17.0 Å². The Morgan fingerprint density at radius 1 is 1.50 bits per heavy atom. The average Bonchev–Trinajstić information content (AvgIpc) is 2.31. The second kappa shape index (κ2) is 2.75. The fraction of sp³-hybridized carbons (Fsp3) is 0.222. The van der Waals surface area contributed by atoms with Crippen molar-refractivity contribution in [1.29, 1.82) is 0 Å². The van der Waals surface area contributed by atoms with Gasteiger partial charge in [-0.3, -0.25) is 4.79 Å². The van der Waals surface area contributed by atoms with Gasteiger partial charge in [0.1, 0.15) is 0 Å². The number of hydrogen-bond donors (Lipinski definition) is 1. The van der Waals surface area contributed by atoms with Crippen LogP contribution >= 0.6 is 11.3 Å². The normalized spacial score (nSPS) is 15.2. The molecule has 1 aromatic rings. The van der Waals surface area contributed by atoms with Gasteiger partial charge in [-0.25, -0.2) is 0 Å². The number of rotatable bonds is 0. The molecule has 2 nitrogen and oxygen atoms in total. The predicted molar refractivity (Wildman–Crippen MR) is 51.4 cm³/mol. The van der Waals surface area contributed by atoms with Crippen LogP contribution in [0.3, 0.4) is 0 Å². The fourth-order valence-corrected chi connectivity index (χ4v) is 1.98. The molecule has 1 heterocycles. The summed E-state index contributed by atoms with van der Waals surface area (Å²) in [6, 6.07) is 0. The van der Waals surface area contributed by atoms with E-state index in [2.05, 4.69) is 18.0 Å². The summed E-state index contributed by atoms with van der Waals surface area (Å²) >= 11 is 1.30. The molecular formula is C9H9NOS. The van der Waals surface area contributed by atoms with E-state index in [0.29, 0.717) is 0 Å². The van der Waals surface area contributed by atoms with Crippen LogP contribution in [0.15, 0.2) is 22.5 Å². The second-order valence-electron chi connectivity index (χ2n) is 2.84. The van der Waals surface area contributed by atoms with Crippen LogP contribution < -0.4 is 4.87 Å². The highest BCUT2D eigenvalue weighted by Crippen LogP contribution is 2.17. The number of H-pyrrole nitrogens is 1. The molecule has 1 aliphatic rings. The van der Waals surface area contributed by atoms with Crippen molar-refractivity contribution >= 4 is 17.4 Å². The summed E-state index contributed by atoms with van der Waals surface area (Å²) in [6.07, 6.45) is 6.99. The molecule has 0 spiro atoms. The monoisotopic (exact) mass is 179 g/mol. The third-order valence-corrected chi connectivity index (χ3v) is 2.80. The summed E-state index contributed by atoms with van der Waals surface area (Å²) in [5.41, 5.74) is 2.22. The van der Waals surface area contributed by atoms with Crippen LogP contribution in [-0.2, 0) is 6.42 Å². The third kappa shape index (κ3) is 1.28. The molecule has 0 atom stereocenters. The molecule has 0 bridgehead atoms. The van der Waals surface area contributed by atoms with Crippen molar-refractivity contribution in [3.63, 3.8) is 0 Å². The number of nitrogens with one attached hydrogen (secondary N) is 1. The molecule has 2 rings (SSSR count). The van der Waals surface area contributed by atoms with Gasteiger partial charge in [0, 0.05) is 11.3 Å². The van der Waals surface area contributed by atoms with Crippen molar-refractivity contribution in [3.8, 4) is 0 Å². The van der Waals surface area contributed by atoms with Crippen molar-refractivity contribution in [2.24, 2.45) is 0 Å². The fourth-order valence-electron chi connectivity index (χ4n) is 1.19. The van der Waals surface area contributed by atoms with Gasteiger partial charge in [0.25, 0.3) is 0 Å². The number of aromatic amines is 1. The molecule has 3 heteroatoms. The Labute approximate surface area is 74.3 Å². The zero-order valence-electron chi connectivity index (χ0n) is 6.76. The minimum absolute atomic E-state index is 0.0394. The number of hydrogen-bond acceptors (Lipinski definition) is 2. The number of aromatic nitrogens is 1. The Morgan fingerprint density at radius 3 is 3.17 bits per heavy atom. The van der Waals surface area contributed by atoms with E-state index in [9.17, 15) is 4.79 Å². The SMILES string of the molecule is CC1=CCc2sc(=O)[nH]c2C=C1. The molecule has 1 N–H and O–H groups in total. The van der Waals surface area contributed by atoms with Gasteiger partial charge >= 0.3 is 4.87 Å². The zero-order chi connectivity index (χ0) is 8.55. The van der Waals surface area contributed by atoms with E-state index < -0.39 is 0 Å². The molecule has 0 unspecified atom stereocenters. The van der Waals surface area contributed by atoms with Gasteiger partial charge < -0.3 is 4.98 Å². The highest BCUT2D eigenvalue weighted by Gasteiger charge is 2.05. The van der Waals surface area contributed by atoms with E-state index in [4.69, 9.17) is 0 Å². The quantitative estimate of drug-likeness (QED) is 0.648. The van der Waals surface area contributed by atoms with Crippen LogP contribution in [-0.4, -0.2) is 4.98 Å². The van der Waals surface area contributed by atoms with Crippen LogP contribution in [0.4, 0.5) is 0 Å². The molecular weight excluding hydrogens is 170 g/mol. The third-order valence-electron chi connectivity index (χ3n) is 1.88. The van der Waals surface area contributed by atoms with Gasteiger partial charge in [0.2, 0.25) is 0 Å². The molecule has 12 heavy (non-hydrogen) atoms. The molecule has 1 aromatic heterocycles. The lowest BCUT2D eigenvalue weighted by molar-refractivity contribution is 1.24. The van der Waals surface area contributed by atoms with E-state index >= 15 is 0 Å². The van der Waals surface area contributed by atoms with Crippen LogP contribution in [0.25, 0.3) is 6.08 Å². The van der Waals surface area contributed by atoms with Gasteiger partial charge in [-0.2, -0.15) is 0 Å². The molecule has 0 fully saturated rings. The van der Waals surface area contributed by atoms with Crippen molar-refractivity contribution in [2.45, 2.75) is 13.3 Å². The Bertz CT molecular complexity index is 408. The highest BCUT2D eigenvalue weighted by molar-refractivity contribution is 7.09. The molecule has 0 saturated heterocycles. The van der Waals surface area contributed by atoms with E-state index in [1.165, 1.54) is 16.9 Å². The minimum Gasteiger partial charge on any atom is -0.313 e. The summed E-state index contributed by atoms with van der Waals surface area (Å²) in [4.78, 5) is 14.9. The lowest BCUT2D eigenvalue weighted by atomic mass is 10.2. The summed E-state index contributed by atoms with van der Waals surface area (Å²) in [6.45, 7) is 2.06. The summed E-state index contributed by atoms with van der Waals surface area (Å²) in [5.74, 6) is 0. The van der Waals surface area contributed by atoms with Gasteiger partial charge in [0.15, 0.2) is 0 Å². The van der Waals surface area contributed by atoms with Crippen molar-refractivity contribution < 1.29 is 0 Å². The smallest absolute Gasteiger partial charge is 0.305 e. The summed E-state index contributed by atoms with van der Waals surface area (Å²) in [5, 5.41) is 0. The first kappa shape index (κ1) is 7.55. The highest BCUT2D eigenvalue weighted by atomic mass is 32.1. The Balaban J connectivity index is 2.53. The van der Waals surface area contributed by atoms with Crippen LogP contribution in [0.5, 0.6) is 0 Å².